The van der Waals surface area contributed by atoms with E-state index in [2.05, 4.69) is 22.6 Å². The summed E-state index contributed by atoms with van der Waals surface area (Å²) in [6.45, 7) is 6.54. The molecule has 9 heteroatoms. The Hall–Kier alpha value is -3.31. The highest BCUT2D eigenvalue weighted by Gasteiger charge is 2.33. The van der Waals surface area contributed by atoms with Gasteiger partial charge in [0, 0.05) is 0 Å². The van der Waals surface area contributed by atoms with Gasteiger partial charge in [0.15, 0.2) is 23.3 Å². The third kappa shape index (κ3) is 7.63. The van der Waals surface area contributed by atoms with Gasteiger partial charge in [0.25, 0.3) is 5.91 Å². The van der Waals surface area contributed by atoms with E-state index in [-0.39, 0.29) is 19.1 Å². The Labute approximate surface area is 246 Å². The normalized spacial score (nSPS) is 15.2. The molecule has 0 radical (unpaired) electrons. The summed E-state index contributed by atoms with van der Waals surface area (Å²) in [6, 6.07) is 21.5. The molecule has 0 spiro atoms. The van der Waals surface area contributed by atoms with Crippen LogP contribution in [0.5, 0.6) is 11.5 Å². The second-order valence-electron chi connectivity index (χ2n) is 8.57. The molecule has 4 rings (SSSR count). The zero-order chi connectivity index (χ0) is 27.8. The molecule has 39 heavy (non-hydrogen) atoms. The number of carbonyl (C=O) groups excluding carboxylic acids is 2. The van der Waals surface area contributed by atoms with Gasteiger partial charge >= 0.3 is 5.97 Å². The van der Waals surface area contributed by atoms with E-state index in [1.54, 1.807) is 11.8 Å². The van der Waals surface area contributed by atoms with E-state index >= 15 is 0 Å². The molecule has 3 aromatic rings. The van der Waals surface area contributed by atoms with Crippen LogP contribution in [0.4, 0.5) is 5.69 Å². The monoisotopic (exact) mass is 656 g/mol. The van der Waals surface area contributed by atoms with E-state index in [0.29, 0.717) is 34.7 Å². The van der Waals surface area contributed by atoms with Crippen LogP contribution in [0.25, 0.3) is 6.08 Å². The lowest BCUT2D eigenvalue weighted by Gasteiger charge is -2.16. The molecular weight excluding hydrogens is 627 g/mol. The largest absolute Gasteiger partial charge is 0.490 e. The van der Waals surface area contributed by atoms with E-state index in [9.17, 15) is 9.59 Å². The Kier molecular flexibility index (Phi) is 10.0. The number of hydrogen-bond acceptors (Lipinski definition) is 7. The van der Waals surface area contributed by atoms with E-state index in [1.165, 1.54) is 11.8 Å². The quantitative estimate of drug-likeness (QED) is 0.137. The number of halogens is 1. The molecule has 0 unspecified atom stereocenters. The van der Waals surface area contributed by atoms with E-state index < -0.39 is 5.97 Å². The molecule has 0 aliphatic carbocycles. The summed E-state index contributed by atoms with van der Waals surface area (Å²) in [4.78, 5) is 32.5. The predicted octanol–water partition coefficient (Wildman–Crippen LogP) is 6.74. The fourth-order valence-electron chi connectivity index (χ4n) is 3.79. The van der Waals surface area contributed by atoms with Crippen molar-refractivity contribution in [1.82, 2.24) is 4.90 Å². The summed E-state index contributed by atoms with van der Waals surface area (Å²) >= 11 is 3.48. The molecule has 1 heterocycles. The minimum Gasteiger partial charge on any atom is -0.490 e. The number of ether oxygens (including phenoxy) is 3. The number of aryl methyl sites for hydroxylation is 1. The van der Waals surface area contributed by atoms with Gasteiger partial charge in [-0.15, -0.1) is 0 Å². The molecule has 1 saturated heterocycles. The molecule has 1 fully saturated rings. The van der Waals surface area contributed by atoms with Crippen molar-refractivity contribution in [2.75, 3.05) is 19.8 Å². The maximum atomic E-state index is 13.6. The van der Waals surface area contributed by atoms with Crippen LogP contribution in [0.1, 0.15) is 30.5 Å². The summed E-state index contributed by atoms with van der Waals surface area (Å²) in [5.74, 6) is 0.384. The van der Waals surface area contributed by atoms with Gasteiger partial charge in [0.1, 0.15) is 0 Å². The summed E-state index contributed by atoms with van der Waals surface area (Å²) in [5.41, 5.74) is 3.72. The van der Waals surface area contributed by atoms with E-state index in [1.807, 2.05) is 86.7 Å². The number of esters is 1. The number of hydrogen-bond donors (Lipinski definition) is 0. The fraction of sp³-hybridized carbons (Fsp3) is 0.233. The minimum atomic E-state index is -0.450. The first-order chi connectivity index (χ1) is 18.9. The molecule has 0 atom stereocenters. The van der Waals surface area contributed by atoms with Crippen LogP contribution in [0.2, 0.25) is 0 Å². The lowest BCUT2D eigenvalue weighted by Crippen LogP contribution is -2.28. The number of nitrogens with zero attached hydrogens (tertiary/aromatic N) is 2. The van der Waals surface area contributed by atoms with Crippen molar-refractivity contribution in [3.05, 3.63) is 91.9 Å². The first-order valence-corrected chi connectivity index (χ1v) is 14.4. The lowest BCUT2D eigenvalue weighted by molar-refractivity contribution is -0.145. The number of thioether (sulfide) groups is 1. The molecule has 0 saturated carbocycles. The van der Waals surface area contributed by atoms with Crippen molar-refractivity contribution in [3.63, 3.8) is 0 Å². The standard InChI is InChI=1S/C30H29IN2O5S/c1-4-36-25-16-22(15-24(31)28(25)38-19-27(34)37-5-2)17-26-29(35)33(18-21-9-7-6-8-10-21)30(39-26)32-23-13-11-20(3)12-14-23/h6-17H,4-5,18-19H2,1-3H3/b26-17+,32-30?. The number of amidine groups is 1. The number of benzene rings is 3. The van der Waals surface area contributed by atoms with E-state index in [4.69, 9.17) is 19.2 Å². The first-order valence-electron chi connectivity index (χ1n) is 12.5. The topological polar surface area (TPSA) is 77.4 Å². The van der Waals surface area contributed by atoms with Crippen LogP contribution in [0.15, 0.2) is 76.6 Å². The average Bonchev–Trinajstić information content (AvgIpc) is 3.19. The Morgan fingerprint density at radius 1 is 1.03 bits per heavy atom. The van der Waals surface area contributed by atoms with Crippen molar-refractivity contribution in [2.24, 2.45) is 4.99 Å². The van der Waals surface area contributed by atoms with Gasteiger partial charge < -0.3 is 14.2 Å². The molecule has 3 aromatic carbocycles. The minimum absolute atomic E-state index is 0.120. The molecule has 202 valence electrons. The SMILES string of the molecule is CCOC(=O)COc1c(I)cc(/C=C2/SC(=Nc3ccc(C)cc3)N(Cc3ccccc3)C2=O)cc1OCC. The van der Waals surface area contributed by atoms with Crippen LogP contribution >= 0.6 is 34.4 Å². The highest BCUT2D eigenvalue weighted by atomic mass is 127. The third-order valence-corrected chi connectivity index (χ3v) is 7.41. The van der Waals surface area contributed by atoms with Gasteiger partial charge in [0.2, 0.25) is 0 Å². The van der Waals surface area contributed by atoms with Crippen LogP contribution in [-0.4, -0.2) is 41.8 Å². The Morgan fingerprint density at radius 3 is 2.46 bits per heavy atom. The number of amides is 1. The first kappa shape index (κ1) is 28.7. The molecule has 1 amide bonds. The van der Waals surface area contributed by atoms with Gasteiger partial charge in [-0.2, -0.15) is 0 Å². The zero-order valence-electron chi connectivity index (χ0n) is 22.0. The highest BCUT2D eigenvalue weighted by Crippen LogP contribution is 2.38. The highest BCUT2D eigenvalue weighted by molar-refractivity contribution is 14.1. The van der Waals surface area contributed by atoms with Gasteiger partial charge in [0.05, 0.1) is 33.9 Å². The van der Waals surface area contributed by atoms with Gasteiger partial charge in [-0.3, -0.25) is 9.69 Å². The Morgan fingerprint density at radius 2 is 1.77 bits per heavy atom. The Balaban J connectivity index is 1.66. The smallest absolute Gasteiger partial charge is 0.344 e. The third-order valence-electron chi connectivity index (χ3n) is 5.60. The Bertz CT molecular complexity index is 1390. The molecule has 0 N–H and O–H groups in total. The van der Waals surface area contributed by atoms with Crippen molar-refractivity contribution >= 4 is 63.2 Å². The number of aliphatic imine (C=N–C) groups is 1. The maximum Gasteiger partial charge on any atom is 0.344 e. The molecule has 1 aliphatic rings. The molecule has 7 nitrogen and oxygen atoms in total. The predicted molar refractivity (Wildman–Crippen MR) is 163 cm³/mol. The van der Waals surface area contributed by atoms with Crippen LogP contribution in [0.3, 0.4) is 0 Å². The second-order valence-corrected chi connectivity index (χ2v) is 10.7. The summed E-state index contributed by atoms with van der Waals surface area (Å²) in [5, 5.41) is 0.619. The summed E-state index contributed by atoms with van der Waals surface area (Å²) in [7, 11) is 0. The number of carbonyl (C=O) groups is 2. The van der Waals surface area contributed by atoms with Crippen molar-refractivity contribution in [2.45, 2.75) is 27.3 Å². The van der Waals surface area contributed by atoms with Gasteiger partial charge in [-0.1, -0.05) is 48.0 Å². The number of rotatable bonds is 10. The van der Waals surface area contributed by atoms with Crippen LogP contribution in [0, 0.1) is 10.5 Å². The molecular formula is C30H29IN2O5S. The second kappa shape index (κ2) is 13.7. The molecule has 0 bridgehead atoms. The van der Waals surface area contributed by atoms with Crippen molar-refractivity contribution in [3.8, 4) is 11.5 Å². The van der Waals surface area contributed by atoms with E-state index in [0.717, 1.165) is 25.9 Å². The zero-order valence-corrected chi connectivity index (χ0v) is 25.0. The molecule has 1 aliphatic heterocycles. The van der Waals surface area contributed by atoms with Crippen LogP contribution < -0.4 is 9.47 Å². The van der Waals surface area contributed by atoms with Crippen molar-refractivity contribution in [1.29, 1.82) is 0 Å². The maximum absolute atomic E-state index is 13.6. The van der Waals surface area contributed by atoms with Crippen molar-refractivity contribution < 1.29 is 23.8 Å². The van der Waals surface area contributed by atoms with Gasteiger partial charge in [-0.05, 0) is 96.6 Å². The van der Waals surface area contributed by atoms with Gasteiger partial charge in [-0.25, -0.2) is 9.79 Å². The summed E-state index contributed by atoms with van der Waals surface area (Å²) < 4.78 is 17.3. The molecule has 0 aromatic heterocycles. The average molecular weight is 657 g/mol. The van der Waals surface area contributed by atoms with Crippen LogP contribution in [-0.2, 0) is 20.9 Å². The summed E-state index contributed by atoms with van der Waals surface area (Å²) in [6.07, 6.45) is 1.84. The lowest BCUT2D eigenvalue weighted by atomic mass is 10.1. The fourth-order valence-corrected chi connectivity index (χ4v) is 5.56.